The molecule has 25 heavy (non-hydrogen) atoms. The van der Waals surface area contributed by atoms with Crippen molar-refractivity contribution in [2.45, 2.75) is 37.8 Å². The van der Waals surface area contributed by atoms with Gasteiger partial charge in [0.15, 0.2) is 0 Å². The van der Waals surface area contributed by atoms with Gasteiger partial charge in [0.25, 0.3) is 18.3 Å². The maximum atomic E-state index is 12.7. The lowest BCUT2D eigenvalue weighted by atomic mass is 9.91. The predicted octanol–water partition coefficient (Wildman–Crippen LogP) is -0.538. The van der Waals surface area contributed by atoms with Crippen molar-refractivity contribution in [2.24, 2.45) is 5.92 Å². The molecule has 11 nitrogen and oxygen atoms in total. The maximum absolute atomic E-state index is 12.7. The van der Waals surface area contributed by atoms with E-state index in [9.17, 15) is 9.90 Å². The molecule has 2 aliphatic rings. The van der Waals surface area contributed by atoms with Crippen molar-refractivity contribution in [1.29, 1.82) is 0 Å². The minimum absolute atomic E-state index is 0.115. The summed E-state index contributed by atoms with van der Waals surface area (Å²) < 4.78 is 1.54. The largest absolute Gasteiger partial charge is 0.483 e. The second kappa shape index (κ2) is 7.38. The molecular formula is C14H19N7O4. The predicted molar refractivity (Wildman–Crippen MR) is 82.8 cm³/mol. The Kier molecular flexibility index (Phi) is 5.03. The van der Waals surface area contributed by atoms with Gasteiger partial charge in [0.1, 0.15) is 12.7 Å². The first-order valence-corrected chi connectivity index (χ1v) is 7.96. The van der Waals surface area contributed by atoms with Gasteiger partial charge in [-0.1, -0.05) is 0 Å². The first-order valence-electron chi connectivity index (χ1n) is 7.96. The summed E-state index contributed by atoms with van der Waals surface area (Å²) in [6.45, 7) is -0.0465. The van der Waals surface area contributed by atoms with Crippen LogP contribution in [-0.2, 0) is 4.79 Å². The highest BCUT2D eigenvalue weighted by atomic mass is 16.3. The monoisotopic (exact) mass is 349 g/mol. The number of aromatic nitrogens is 6. The van der Waals surface area contributed by atoms with Crippen LogP contribution in [0.15, 0.2) is 12.7 Å². The van der Waals surface area contributed by atoms with Gasteiger partial charge in [-0.25, -0.2) is 0 Å². The average molecular weight is 349 g/mol. The zero-order valence-electron chi connectivity index (χ0n) is 13.4. The smallest absolute Gasteiger partial charge is 0.291 e. The molecule has 1 unspecified atom stereocenters. The number of carbonyl (C=O) groups is 2. The van der Waals surface area contributed by atoms with E-state index in [1.165, 1.54) is 12.7 Å². The number of nitrogens with one attached hydrogen (secondary N) is 1. The Morgan fingerprint density at radius 3 is 2.44 bits per heavy atom. The van der Waals surface area contributed by atoms with Crippen LogP contribution < -0.4 is 0 Å². The molecule has 1 amide bonds. The second-order valence-corrected chi connectivity index (χ2v) is 6.08. The Morgan fingerprint density at radius 2 is 1.88 bits per heavy atom. The van der Waals surface area contributed by atoms with Crippen LogP contribution in [0.5, 0.6) is 0 Å². The number of aromatic amines is 1. The Bertz CT molecular complexity index is 703. The zero-order chi connectivity index (χ0) is 17.8. The van der Waals surface area contributed by atoms with Crippen molar-refractivity contribution in [3.63, 3.8) is 0 Å². The van der Waals surface area contributed by atoms with Crippen molar-refractivity contribution < 1.29 is 19.8 Å². The number of piperidine rings is 1. The molecule has 4 rings (SSSR count). The molecule has 2 aromatic rings. The number of H-pyrrole nitrogens is 1. The maximum Gasteiger partial charge on any atom is 0.291 e. The van der Waals surface area contributed by atoms with Crippen molar-refractivity contribution in [2.75, 3.05) is 6.61 Å². The molecule has 4 heterocycles. The number of hydrogen-bond acceptors (Lipinski definition) is 7. The van der Waals surface area contributed by atoms with Crippen LogP contribution in [0.25, 0.3) is 5.95 Å². The molecule has 2 aromatic heterocycles. The summed E-state index contributed by atoms with van der Waals surface area (Å²) in [5.74, 6) is 0.786. The Morgan fingerprint density at radius 1 is 1.28 bits per heavy atom. The van der Waals surface area contributed by atoms with Crippen molar-refractivity contribution in [1.82, 2.24) is 34.8 Å². The molecule has 0 aromatic carbocycles. The van der Waals surface area contributed by atoms with Gasteiger partial charge in [-0.15, -0.1) is 15.3 Å². The number of amides is 1. The number of rotatable bonds is 3. The molecule has 0 spiro atoms. The van der Waals surface area contributed by atoms with Gasteiger partial charge >= 0.3 is 0 Å². The molecule has 0 aliphatic carbocycles. The molecule has 2 bridgehead atoms. The number of hydrogen-bond donors (Lipinski definition) is 3. The van der Waals surface area contributed by atoms with Gasteiger partial charge in [-0.2, -0.15) is 4.98 Å². The average Bonchev–Trinajstić information content (AvgIpc) is 3.34. The fourth-order valence-corrected chi connectivity index (χ4v) is 3.66. The summed E-state index contributed by atoms with van der Waals surface area (Å²) >= 11 is 0. The molecule has 2 fully saturated rings. The quantitative estimate of drug-likeness (QED) is 0.625. The number of nitrogens with zero attached hydrogens (tertiary/aromatic N) is 6. The fraction of sp³-hybridized carbons (Fsp3) is 0.571. The fourth-order valence-electron chi connectivity index (χ4n) is 3.66. The number of aliphatic hydroxyl groups is 1. The first-order chi connectivity index (χ1) is 12.2. The molecule has 0 radical (unpaired) electrons. The van der Waals surface area contributed by atoms with Crippen LogP contribution in [0.4, 0.5) is 0 Å². The lowest BCUT2D eigenvalue weighted by Crippen LogP contribution is -2.47. The molecule has 0 saturated carbocycles. The number of carboxylic acid groups (broad SMARTS) is 1. The summed E-state index contributed by atoms with van der Waals surface area (Å²) in [4.78, 5) is 27.2. The third-order valence-corrected chi connectivity index (χ3v) is 4.65. The third kappa shape index (κ3) is 3.36. The number of fused-ring (bicyclic) bond motifs is 2. The lowest BCUT2D eigenvalue weighted by molar-refractivity contribution is -0.122. The van der Waals surface area contributed by atoms with E-state index in [-0.39, 0.29) is 36.9 Å². The highest BCUT2D eigenvalue weighted by Gasteiger charge is 2.43. The molecule has 3 N–H and O–H groups in total. The van der Waals surface area contributed by atoms with E-state index in [2.05, 4.69) is 25.4 Å². The van der Waals surface area contributed by atoms with Crippen LogP contribution in [-0.4, -0.2) is 76.1 Å². The normalized spacial score (nSPS) is 24.5. The zero-order valence-corrected chi connectivity index (χ0v) is 13.4. The van der Waals surface area contributed by atoms with E-state index in [4.69, 9.17) is 9.90 Å². The topological polar surface area (TPSA) is 150 Å². The highest BCUT2D eigenvalue weighted by Crippen LogP contribution is 2.39. The lowest BCUT2D eigenvalue weighted by Gasteiger charge is -2.37. The summed E-state index contributed by atoms with van der Waals surface area (Å²) in [5.41, 5.74) is 0. The standard InChI is InChI=1S/C13H17N7O2.CH2O2/c21-5-8-3-9-1-2-10(4-8)20(9)12(22)11-16-13(18-17-11)19-6-14-15-7-19;2-1-3/h6-10,21H,1-5H2,(H,16,17,18);1H,(H,2,3)/t8?,9-,10+;. The summed E-state index contributed by atoms with van der Waals surface area (Å²) in [6, 6.07) is 0.402. The Hall–Kier alpha value is -2.82. The first kappa shape index (κ1) is 17.0. The van der Waals surface area contributed by atoms with Crippen molar-refractivity contribution in [3.05, 3.63) is 18.5 Å². The van der Waals surface area contributed by atoms with Crippen LogP contribution in [0, 0.1) is 5.92 Å². The van der Waals surface area contributed by atoms with E-state index in [1.54, 1.807) is 4.57 Å². The van der Waals surface area contributed by atoms with Crippen LogP contribution in [0.2, 0.25) is 0 Å². The molecule has 2 aliphatic heterocycles. The minimum atomic E-state index is -0.250. The van der Waals surface area contributed by atoms with Gasteiger partial charge in [0.05, 0.1) is 0 Å². The van der Waals surface area contributed by atoms with E-state index < -0.39 is 0 Å². The van der Waals surface area contributed by atoms with E-state index >= 15 is 0 Å². The number of aliphatic hydroxyl groups excluding tert-OH is 1. The summed E-state index contributed by atoms with van der Waals surface area (Å²) in [6.07, 6.45) is 6.69. The van der Waals surface area contributed by atoms with Gasteiger partial charge in [-0.3, -0.25) is 19.3 Å². The van der Waals surface area contributed by atoms with Gasteiger partial charge in [0.2, 0.25) is 5.82 Å². The van der Waals surface area contributed by atoms with E-state index in [0.717, 1.165) is 25.7 Å². The van der Waals surface area contributed by atoms with Gasteiger partial charge in [0, 0.05) is 18.7 Å². The van der Waals surface area contributed by atoms with Crippen LogP contribution in [0.3, 0.4) is 0 Å². The van der Waals surface area contributed by atoms with Crippen molar-refractivity contribution in [3.8, 4) is 5.95 Å². The van der Waals surface area contributed by atoms with Crippen LogP contribution >= 0.6 is 0 Å². The molecular weight excluding hydrogens is 330 g/mol. The minimum Gasteiger partial charge on any atom is -0.483 e. The molecule has 11 heteroatoms. The van der Waals surface area contributed by atoms with Crippen LogP contribution in [0.1, 0.15) is 36.3 Å². The second-order valence-electron chi connectivity index (χ2n) is 6.08. The third-order valence-electron chi connectivity index (χ3n) is 4.65. The summed E-state index contributed by atoms with van der Waals surface area (Å²) in [7, 11) is 0. The van der Waals surface area contributed by atoms with E-state index in [0.29, 0.717) is 11.9 Å². The molecule has 3 atom stereocenters. The Balaban J connectivity index is 0.000000569. The van der Waals surface area contributed by atoms with Gasteiger partial charge in [-0.05, 0) is 31.6 Å². The SMILES string of the molecule is O=C(c1nc(-n2cnnc2)n[nH]1)N1[C@@H]2CC[C@H]1CC(CO)C2.O=CO. The van der Waals surface area contributed by atoms with Gasteiger partial charge < -0.3 is 15.1 Å². The van der Waals surface area contributed by atoms with Crippen molar-refractivity contribution >= 4 is 12.4 Å². The molecule has 2 saturated heterocycles. The Labute approximate surface area is 142 Å². The van der Waals surface area contributed by atoms with E-state index in [1.807, 2.05) is 4.90 Å². The number of carbonyl (C=O) groups excluding carboxylic acids is 1. The molecule has 134 valence electrons. The highest BCUT2D eigenvalue weighted by molar-refractivity contribution is 5.91. The summed E-state index contributed by atoms with van der Waals surface area (Å²) in [5, 5.41) is 30.4.